The van der Waals surface area contributed by atoms with Gasteiger partial charge in [-0.05, 0) is 25.7 Å². The second kappa shape index (κ2) is 7.39. The first-order valence-electron chi connectivity index (χ1n) is 6.56. The first-order valence-corrected chi connectivity index (χ1v) is 6.56. The fraction of sp³-hybridized carbons (Fsp3) is 0.857. The van der Waals surface area contributed by atoms with Crippen LogP contribution >= 0.6 is 0 Å². The Labute approximate surface area is 110 Å². The van der Waals surface area contributed by atoms with E-state index in [0.717, 1.165) is 0 Å². The van der Waals surface area contributed by atoms with Gasteiger partial charge in [0.25, 0.3) is 0 Å². The molecule has 0 aromatic carbocycles. The first kappa shape index (κ1) is 16.9. The Bertz CT molecular complexity index is 278. The fourth-order valence-electron chi connectivity index (χ4n) is 1.81. The Morgan fingerprint density at radius 1 is 1.00 bits per heavy atom. The molecule has 0 aliphatic rings. The molecule has 2 atom stereocenters. The molecule has 106 valence electrons. The molecular weight excluding hydrogens is 232 g/mol. The lowest BCUT2D eigenvalue weighted by atomic mass is 9.79. The van der Waals surface area contributed by atoms with Crippen LogP contribution in [0.15, 0.2) is 0 Å². The van der Waals surface area contributed by atoms with Crippen molar-refractivity contribution in [2.24, 2.45) is 17.3 Å². The van der Waals surface area contributed by atoms with Crippen LogP contribution in [0.3, 0.4) is 0 Å². The van der Waals surface area contributed by atoms with E-state index >= 15 is 0 Å². The molecule has 0 fully saturated rings. The van der Waals surface area contributed by atoms with Gasteiger partial charge < -0.3 is 9.47 Å². The number of esters is 2. The van der Waals surface area contributed by atoms with Gasteiger partial charge in [-0.25, -0.2) is 0 Å². The monoisotopic (exact) mass is 258 g/mol. The van der Waals surface area contributed by atoms with Crippen molar-refractivity contribution in [1.29, 1.82) is 0 Å². The predicted molar refractivity (Wildman–Crippen MR) is 70.0 cm³/mol. The Kier molecular flexibility index (Phi) is 6.96. The smallest absolute Gasteiger partial charge is 0.309 e. The number of rotatable bonds is 6. The summed E-state index contributed by atoms with van der Waals surface area (Å²) in [4.78, 5) is 23.7. The molecule has 4 nitrogen and oxygen atoms in total. The summed E-state index contributed by atoms with van der Waals surface area (Å²) in [6.45, 7) is 12.0. The zero-order valence-electron chi connectivity index (χ0n) is 12.4. The summed E-state index contributed by atoms with van der Waals surface area (Å²) in [5.74, 6) is -1.56. The van der Waals surface area contributed by atoms with E-state index in [0.29, 0.717) is 19.6 Å². The second-order valence-electron chi connectivity index (χ2n) is 5.66. The maximum absolute atomic E-state index is 11.9. The van der Waals surface area contributed by atoms with Crippen LogP contribution in [0.5, 0.6) is 0 Å². The number of carbonyl (C=O) groups is 2. The van der Waals surface area contributed by atoms with Gasteiger partial charge in [-0.1, -0.05) is 27.7 Å². The Morgan fingerprint density at radius 3 is 1.83 bits per heavy atom. The van der Waals surface area contributed by atoms with Crippen LogP contribution in [0.1, 0.15) is 48.0 Å². The first-order chi connectivity index (χ1) is 8.22. The van der Waals surface area contributed by atoms with Crippen molar-refractivity contribution < 1.29 is 19.1 Å². The van der Waals surface area contributed by atoms with E-state index in [1.165, 1.54) is 0 Å². The third-order valence-electron chi connectivity index (χ3n) is 2.68. The van der Waals surface area contributed by atoms with Crippen molar-refractivity contribution in [2.75, 3.05) is 13.2 Å². The summed E-state index contributed by atoms with van der Waals surface area (Å²) in [5.41, 5.74) is -0.0435. The van der Waals surface area contributed by atoms with Gasteiger partial charge in [0.15, 0.2) is 0 Å². The van der Waals surface area contributed by atoms with Gasteiger partial charge in [-0.2, -0.15) is 0 Å². The average Bonchev–Trinajstić information content (AvgIpc) is 2.24. The lowest BCUT2D eigenvalue weighted by molar-refractivity contribution is -0.160. The number of ether oxygens (including phenoxy) is 2. The zero-order chi connectivity index (χ0) is 14.3. The number of carbonyl (C=O) groups excluding carboxylic acids is 2. The molecule has 0 N–H and O–H groups in total. The molecule has 4 heteroatoms. The van der Waals surface area contributed by atoms with E-state index in [4.69, 9.17) is 9.47 Å². The summed E-state index contributed by atoms with van der Waals surface area (Å²) in [6, 6.07) is 0. The molecule has 0 aromatic heterocycles. The lowest BCUT2D eigenvalue weighted by Gasteiger charge is -2.27. The minimum Gasteiger partial charge on any atom is -0.466 e. The highest BCUT2D eigenvalue weighted by Crippen LogP contribution is 2.30. The van der Waals surface area contributed by atoms with Gasteiger partial charge in [0.1, 0.15) is 0 Å². The van der Waals surface area contributed by atoms with Crippen LogP contribution in [-0.2, 0) is 19.1 Å². The molecule has 0 rings (SSSR count). The van der Waals surface area contributed by atoms with Crippen molar-refractivity contribution in [2.45, 2.75) is 48.0 Å². The number of hydrogen-bond donors (Lipinski definition) is 0. The van der Waals surface area contributed by atoms with Gasteiger partial charge in [-0.3, -0.25) is 9.59 Å². The normalized spacial score (nSPS) is 14.8. The van der Waals surface area contributed by atoms with Crippen molar-refractivity contribution in [3.8, 4) is 0 Å². The van der Waals surface area contributed by atoms with Crippen LogP contribution in [0.2, 0.25) is 0 Å². The summed E-state index contributed by atoms with van der Waals surface area (Å²) in [6.07, 6.45) is 0.603. The van der Waals surface area contributed by atoms with E-state index in [1.54, 1.807) is 20.8 Å². The fourth-order valence-corrected chi connectivity index (χ4v) is 1.81. The summed E-state index contributed by atoms with van der Waals surface area (Å²) in [7, 11) is 0. The molecule has 0 spiro atoms. The molecule has 0 saturated carbocycles. The Balaban J connectivity index is 4.85. The SMILES string of the molecule is CCOC(=O)C(C)C(CC(C)(C)C)C(=O)OCC. The average molecular weight is 258 g/mol. The molecule has 2 unspecified atom stereocenters. The Hall–Kier alpha value is -1.06. The highest BCUT2D eigenvalue weighted by Gasteiger charge is 2.35. The zero-order valence-corrected chi connectivity index (χ0v) is 12.4. The molecule has 0 saturated heterocycles. The quantitative estimate of drug-likeness (QED) is 0.687. The van der Waals surface area contributed by atoms with Crippen molar-refractivity contribution in [3.05, 3.63) is 0 Å². The summed E-state index contributed by atoms with van der Waals surface area (Å²) in [5, 5.41) is 0. The third kappa shape index (κ3) is 6.03. The van der Waals surface area contributed by atoms with Crippen molar-refractivity contribution >= 4 is 11.9 Å². The van der Waals surface area contributed by atoms with Gasteiger partial charge in [0.2, 0.25) is 0 Å². The van der Waals surface area contributed by atoms with E-state index in [-0.39, 0.29) is 17.4 Å². The predicted octanol–water partition coefficient (Wildman–Crippen LogP) is 2.80. The van der Waals surface area contributed by atoms with Crippen LogP contribution in [0.4, 0.5) is 0 Å². The van der Waals surface area contributed by atoms with E-state index in [2.05, 4.69) is 0 Å². The number of hydrogen-bond acceptors (Lipinski definition) is 4. The van der Waals surface area contributed by atoms with E-state index in [9.17, 15) is 9.59 Å². The maximum atomic E-state index is 11.9. The molecule has 0 radical (unpaired) electrons. The molecule has 0 bridgehead atoms. The minimum atomic E-state index is -0.469. The molecule has 0 amide bonds. The van der Waals surface area contributed by atoms with Crippen LogP contribution in [-0.4, -0.2) is 25.2 Å². The van der Waals surface area contributed by atoms with Crippen LogP contribution in [0, 0.1) is 17.3 Å². The third-order valence-corrected chi connectivity index (χ3v) is 2.68. The highest BCUT2D eigenvalue weighted by atomic mass is 16.5. The van der Waals surface area contributed by atoms with E-state index in [1.807, 2.05) is 20.8 Å². The van der Waals surface area contributed by atoms with Crippen molar-refractivity contribution in [3.63, 3.8) is 0 Å². The van der Waals surface area contributed by atoms with Gasteiger partial charge in [0, 0.05) is 0 Å². The molecule has 0 aliphatic carbocycles. The van der Waals surface area contributed by atoms with Gasteiger partial charge >= 0.3 is 11.9 Å². The largest absolute Gasteiger partial charge is 0.466 e. The maximum Gasteiger partial charge on any atom is 0.309 e. The standard InChI is InChI=1S/C14H26O4/c1-7-17-12(15)10(3)11(9-14(4,5)6)13(16)18-8-2/h10-11H,7-9H2,1-6H3. The second-order valence-corrected chi connectivity index (χ2v) is 5.66. The van der Waals surface area contributed by atoms with Crippen molar-refractivity contribution in [1.82, 2.24) is 0 Å². The van der Waals surface area contributed by atoms with E-state index < -0.39 is 11.8 Å². The highest BCUT2D eigenvalue weighted by molar-refractivity contribution is 5.81. The Morgan fingerprint density at radius 2 is 1.44 bits per heavy atom. The minimum absolute atomic E-state index is 0.0435. The van der Waals surface area contributed by atoms with Crippen LogP contribution in [0.25, 0.3) is 0 Å². The molecular formula is C14H26O4. The molecule has 18 heavy (non-hydrogen) atoms. The summed E-state index contributed by atoms with van der Waals surface area (Å²) < 4.78 is 10.0. The van der Waals surface area contributed by atoms with Gasteiger partial charge in [-0.15, -0.1) is 0 Å². The molecule has 0 heterocycles. The molecule has 0 aliphatic heterocycles. The molecule has 0 aromatic rings. The van der Waals surface area contributed by atoms with Gasteiger partial charge in [0.05, 0.1) is 25.0 Å². The topological polar surface area (TPSA) is 52.6 Å². The summed E-state index contributed by atoms with van der Waals surface area (Å²) >= 11 is 0. The lowest BCUT2D eigenvalue weighted by Crippen LogP contribution is -2.33. The van der Waals surface area contributed by atoms with Crippen LogP contribution < -0.4 is 0 Å².